The van der Waals surface area contributed by atoms with E-state index in [1.807, 2.05) is 24.3 Å². The van der Waals surface area contributed by atoms with Crippen LogP contribution in [-0.2, 0) is 4.74 Å². The Morgan fingerprint density at radius 3 is 2.52 bits per heavy atom. The molecule has 0 radical (unpaired) electrons. The predicted molar refractivity (Wildman–Crippen MR) is 101 cm³/mol. The molecule has 5 nitrogen and oxygen atoms in total. The van der Waals surface area contributed by atoms with Crippen molar-refractivity contribution in [3.63, 3.8) is 0 Å². The Hall–Kier alpha value is -1.77. The van der Waals surface area contributed by atoms with E-state index in [2.05, 4.69) is 36.6 Å². The third kappa shape index (κ3) is 3.61. The molecular formula is C17H10Br2O5S. The molecule has 0 saturated heterocycles. The number of phenolic OH excluding ortho intramolecular Hbond substituents is 1. The number of rotatable bonds is 3. The van der Waals surface area contributed by atoms with Gasteiger partial charge in [0.05, 0.1) is 16.5 Å². The zero-order valence-electron chi connectivity index (χ0n) is 12.7. The summed E-state index contributed by atoms with van der Waals surface area (Å²) < 4.78 is 11.2. The summed E-state index contributed by atoms with van der Waals surface area (Å²) in [5, 5.41) is 10.9. The van der Waals surface area contributed by atoms with Gasteiger partial charge >= 0.3 is 11.6 Å². The van der Waals surface area contributed by atoms with Crippen LogP contribution in [0.5, 0.6) is 5.75 Å². The van der Waals surface area contributed by atoms with Crippen molar-refractivity contribution in [2.24, 2.45) is 0 Å². The summed E-state index contributed by atoms with van der Waals surface area (Å²) in [5.74, 6) is -0.803. The molecule has 3 aromatic rings. The standard InChI is InChI=1S/C17H10Br2O5S/c1-23-16(21)11-6-10-13(24-17(11)22)7-12(19)14(20)15(10)25-9-4-2-8(18)3-5-9/h2-7,20H,1H3. The van der Waals surface area contributed by atoms with Crippen molar-refractivity contribution in [2.75, 3.05) is 7.11 Å². The molecule has 1 heterocycles. The van der Waals surface area contributed by atoms with Crippen LogP contribution in [0.15, 0.2) is 64.3 Å². The summed E-state index contributed by atoms with van der Waals surface area (Å²) in [4.78, 5) is 25.1. The molecule has 2 aromatic carbocycles. The number of halogens is 2. The lowest BCUT2D eigenvalue weighted by Crippen LogP contribution is -2.15. The molecule has 1 aromatic heterocycles. The number of fused-ring (bicyclic) bond motifs is 1. The Kier molecular flexibility index (Phi) is 5.21. The molecule has 0 amide bonds. The monoisotopic (exact) mass is 484 g/mol. The van der Waals surface area contributed by atoms with E-state index in [4.69, 9.17) is 4.42 Å². The van der Waals surface area contributed by atoms with Gasteiger partial charge in [-0.3, -0.25) is 0 Å². The summed E-state index contributed by atoms with van der Waals surface area (Å²) in [6, 6.07) is 10.4. The van der Waals surface area contributed by atoms with Crippen LogP contribution in [0.4, 0.5) is 0 Å². The molecule has 0 saturated carbocycles. The van der Waals surface area contributed by atoms with Crippen molar-refractivity contribution in [3.05, 3.63) is 61.3 Å². The van der Waals surface area contributed by atoms with E-state index in [1.54, 1.807) is 0 Å². The van der Waals surface area contributed by atoms with Crippen molar-refractivity contribution >= 4 is 60.6 Å². The highest BCUT2D eigenvalue weighted by molar-refractivity contribution is 9.10. The largest absolute Gasteiger partial charge is 0.506 e. The summed E-state index contributed by atoms with van der Waals surface area (Å²) in [5.41, 5.74) is -0.771. The summed E-state index contributed by atoms with van der Waals surface area (Å²) in [6.45, 7) is 0. The van der Waals surface area contributed by atoms with Crippen molar-refractivity contribution < 1.29 is 19.1 Å². The molecule has 0 spiro atoms. The van der Waals surface area contributed by atoms with E-state index in [0.29, 0.717) is 14.8 Å². The number of benzene rings is 2. The molecular weight excluding hydrogens is 476 g/mol. The first-order valence-corrected chi connectivity index (χ1v) is 9.32. The maximum Gasteiger partial charge on any atom is 0.351 e. The van der Waals surface area contributed by atoms with Crippen LogP contribution in [0.2, 0.25) is 0 Å². The number of esters is 1. The van der Waals surface area contributed by atoms with E-state index < -0.39 is 11.6 Å². The summed E-state index contributed by atoms with van der Waals surface area (Å²) in [6.07, 6.45) is 0. The fraction of sp³-hybridized carbons (Fsp3) is 0.0588. The molecule has 1 N–H and O–H groups in total. The highest BCUT2D eigenvalue weighted by Gasteiger charge is 2.20. The van der Waals surface area contributed by atoms with Crippen LogP contribution in [0.1, 0.15) is 10.4 Å². The first-order chi connectivity index (χ1) is 11.9. The maximum absolute atomic E-state index is 12.0. The number of carbonyl (C=O) groups is 1. The van der Waals surface area contributed by atoms with Crippen molar-refractivity contribution in [2.45, 2.75) is 9.79 Å². The SMILES string of the molecule is COC(=O)c1cc2c(Sc3ccc(Br)cc3)c(O)c(Br)cc2oc1=O. The van der Waals surface area contributed by atoms with Gasteiger partial charge in [0.1, 0.15) is 16.9 Å². The van der Waals surface area contributed by atoms with Gasteiger partial charge in [-0.1, -0.05) is 27.7 Å². The first kappa shape index (κ1) is 18.0. The second-order valence-electron chi connectivity index (χ2n) is 4.94. The maximum atomic E-state index is 12.0. The molecule has 3 rings (SSSR count). The Labute approximate surface area is 163 Å². The van der Waals surface area contributed by atoms with Gasteiger partial charge in [-0.25, -0.2) is 9.59 Å². The van der Waals surface area contributed by atoms with Gasteiger partial charge in [-0.15, -0.1) is 0 Å². The van der Waals surface area contributed by atoms with Crippen LogP contribution in [0.25, 0.3) is 11.0 Å². The predicted octanol–water partition coefficient (Wildman–Crippen LogP) is 4.96. The Bertz CT molecular complexity index is 1030. The number of phenols is 1. The second-order valence-corrected chi connectivity index (χ2v) is 7.80. The quantitative estimate of drug-likeness (QED) is 0.417. The molecule has 128 valence electrons. The Morgan fingerprint density at radius 1 is 1.20 bits per heavy atom. The number of carbonyl (C=O) groups excluding carboxylic acids is 1. The average molecular weight is 486 g/mol. The fourth-order valence-electron chi connectivity index (χ4n) is 2.16. The van der Waals surface area contributed by atoms with Crippen molar-refractivity contribution in [3.8, 4) is 5.75 Å². The van der Waals surface area contributed by atoms with Crippen LogP contribution in [0, 0.1) is 0 Å². The van der Waals surface area contributed by atoms with Crippen LogP contribution < -0.4 is 5.63 Å². The molecule has 0 aliphatic heterocycles. The number of ether oxygens (including phenoxy) is 1. The third-order valence-electron chi connectivity index (χ3n) is 3.36. The minimum atomic E-state index is -0.795. The highest BCUT2D eigenvalue weighted by atomic mass is 79.9. The minimum Gasteiger partial charge on any atom is -0.506 e. The number of hydrogen-bond acceptors (Lipinski definition) is 6. The molecule has 0 atom stereocenters. The minimum absolute atomic E-state index is 0.00918. The lowest BCUT2D eigenvalue weighted by atomic mass is 10.2. The van der Waals surface area contributed by atoms with Crippen molar-refractivity contribution in [1.82, 2.24) is 0 Å². The molecule has 0 bridgehead atoms. The second kappa shape index (κ2) is 7.23. The number of methoxy groups -OCH3 is 1. The summed E-state index contributed by atoms with van der Waals surface area (Å²) >= 11 is 7.91. The lowest BCUT2D eigenvalue weighted by molar-refractivity contribution is 0.0596. The lowest BCUT2D eigenvalue weighted by Gasteiger charge is -2.11. The molecule has 0 aliphatic rings. The zero-order chi connectivity index (χ0) is 18.1. The van der Waals surface area contributed by atoms with Gasteiger partial charge in [-0.2, -0.15) is 0 Å². The van der Waals surface area contributed by atoms with Crippen LogP contribution in [0.3, 0.4) is 0 Å². The topological polar surface area (TPSA) is 76.7 Å². The zero-order valence-corrected chi connectivity index (χ0v) is 16.7. The number of hydrogen-bond donors (Lipinski definition) is 1. The first-order valence-electron chi connectivity index (χ1n) is 6.91. The van der Waals surface area contributed by atoms with E-state index in [0.717, 1.165) is 9.37 Å². The molecule has 0 unspecified atom stereocenters. The van der Waals surface area contributed by atoms with Crippen molar-refractivity contribution in [1.29, 1.82) is 0 Å². The van der Waals surface area contributed by atoms with Crippen LogP contribution >= 0.6 is 43.6 Å². The van der Waals surface area contributed by atoms with Gasteiger partial charge in [0.15, 0.2) is 0 Å². The molecule has 25 heavy (non-hydrogen) atoms. The number of aromatic hydroxyl groups is 1. The van der Waals surface area contributed by atoms with E-state index >= 15 is 0 Å². The van der Waals surface area contributed by atoms with E-state index in [9.17, 15) is 14.7 Å². The molecule has 0 fully saturated rings. The van der Waals surface area contributed by atoms with Gasteiger partial charge in [-0.05, 0) is 52.3 Å². The Balaban J connectivity index is 2.24. The van der Waals surface area contributed by atoms with Gasteiger partial charge in [0.2, 0.25) is 0 Å². The van der Waals surface area contributed by atoms with Gasteiger partial charge in [0.25, 0.3) is 0 Å². The average Bonchev–Trinajstić information content (AvgIpc) is 2.59. The normalized spacial score (nSPS) is 10.8. The fourth-order valence-corrected chi connectivity index (χ4v) is 3.95. The highest BCUT2D eigenvalue weighted by Crippen LogP contribution is 2.44. The van der Waals surface area contributed by atoms with E-state index in [1.165, 1.54) is 31.0 Å². The van der Waals surface area contributed by atoms with Gasteiger partial charge < -0.3 is 14.3 Å². The van der Waals surface area contributed by atoms with Gasteiger partial charge in [0, 0.05) is 14.8 Å². The van der Waals surface area contributed by atoms with Crippen LogP contribution in [-0.4, -0.2) is 18.2 Å². The molecule has 8 heteroatoms. The Morgan fingerprint density at radius 2 is 1.88 bits per heavy atom. The molecule has 0 aliphatic carbocycles. The third-order valence-corrected chi connectivity index (χ3v) is 5.62. The van der Waals surface area contributed by atoms with E-state index in [-0.39, 0.29) is 16.9 Å². The summed E-state index contributed by atoms with van der Waals surface area (Å²) in [7, 11) is 1.18. The smallest absolute Gasteiger partial charge is 0.351 e.